The number of carbonyl (C=O) groups is 5. The minimum Gasteiger partial charge on any atom is -0.452 e. The average molecular weight is 811 g/mol. The summed E-state index contributed by atoms with van der Waals surface area (Å²) >= 11 is 1.31. The third-order valence-electron chi connectivity index (χ3n) is 8.67. The summed E-state index contributed by atoms with van der Waals surface area (Å²) in [5.74, 6) is -2.91. The molecule has 0 aliphatic rings. The van der Waals surface area contributed by atoms with Crippen LogP contribution >= 0.6 is 11.8 Å². The quantitative estimate of drug-likeness (QED) is 0.0720. The fraction of sp³-hybridized carbons (Fsp3) is 0.439. The predicted octanol–water partition coefficient (Wildman–Crippen LogP) is 2.06. The van der Waals surface area contributed by atoms with E-state index in [1.807, 2.05) is 60.7 Å². The molecule has 3 amide bonds. The number of nitrogens with two attached hydrogens (primary N) is 1. The van der Waals surface area contributed by atoms with E-state index < -0.39 is 90.5 Å². The molecule has 0 unspecified atom stereocenters. The first-order chi connectivity index (χ1) is 27.0. The largest absolute Gasteiger partial charge is 0.452 e. The van der Waals surface area contributed by atoms with Gasteiger partial charge < -0.3 is 51.6 Å². The molecule has 7 atom stereocenters. The minimum atomic E-state index is -2.29. The molecule has 0 aliphatic heterocycles. The van der Waals surface area contributed by atoms with E-state index in [0.29, 0.717) is 5.56 Å². The van der Waals surface area contributed by atoms with Crippen molar-refractivity contribution in [3.8, 4) is 0 Å². The van der Waals surface area contributed by atoms with E-state index in [-0.39, 0.29) is 25.0 Å². The van der Waals surface area contributed by atoms with Gasteiger partial charge in [-0.05, 0) is 50.1 Å². The lowest BCUT2D eigenvalue weighted by molar-refractivity contribution is -0.149. The van der Waals surface area contributed by atoms with Crippen molar-refractivity contribution in [2.24, 2.45) is 5.73 Å². The monoisotopic (exact) mass is 810 g/mol. The number of ether oxygens (including phenoxy) is 2. The lowest BCUT2D eigenvalue weighted by Gasteiger charge is -2.30. The van der Waals surface area contributed by atoms with E-state index in [0.717, 1.165) is 11.1 Å². The van der Waals surface area contributed by atoms with E-state index >= 15 is 0 Å². The maximum atomic E-state index is 13.5. The topological polar surface area (TPSA) is 247 Å². The van der Waals surface area contributed by atoms with Gasteiger partial charge in [0.15, 0.2) is 18.0 Å². The number of rotatable bonds is 21. The molecular weight excluding hydrogens is 757 g/mol. The van der Waals surface area contributed by atoms with Crippen LogP contribution in [0.1, 0.15) is 68.9 Å². The zero-order chi connectivity index (χ0) is 42.1. The maximum absolute atomic E-state index is 13.5. The van der Waals surface area contributed by atoms with Crippen LogP contribution in [-0.4, -0.2) is 111 Å². The van der Waals surface area contributed by atoms with Crippen molar-refractivity contribution in [2.75, 3.05) is 18.6 Å². The Balaban J connectivity index is 1.63. The molecule has 0 spiro atoms. The second kappa shape index (κ2) is 22.8. The van der Waals surface area contributed by atoms with Crippen LogP contribution in [0.5, 0.6) is 0 Å². The van der Waals surface area contributed by atoms with Crippen molar-refractivity contribution in [3.05, 3.63) is 108 Å². The van der Waals surface area contributed by atoms with Gasteiger partial charge in [-0.15, -0.1) is 0 Å². The van der Waals surface area contributed by atoms with Gasteiger partial charge >= 0.3 is 12.1 Å². The average Bonchev–Trinajstić information content (AvgIpc) is 3.19. The maximum Gasteiger partial charge on any atom is 0.408 e. The van der Waals surface area contributed by atoms with Gasteiger partial charge in [-0.3, -0.25) is 19.2 Å². The number of nitrogens with one attached hydrogen (secondary N) is 3. The van der Waals surface area contributed by atoms with E-state index in [9.17, 15) is 44.4 Å². The molecule has 3 aromatic rings. The molecule has 0 saturated carbocycles. The van der Waals surface area contributed by atoms with Gasteiger partial charge in [-0.25, -0.2) is 4.79 Å². The normalized spacial score (nSPS) is 15.2. The van der Waals surface area contributed by atoms with Crippen LogP contribution in [-0.2, 0) is 28.7 Å². The number of benzene rings is 3. The Morgan fingerprint density at radius 1 is 0.754 bits per heavy atom. The van der Waals surface area contributed by atoms with Gasteiger partial charge in [-0.1, -0.05) is 91.0 Å². The molecule has 0 aromatic heterocycles. The first-order valence-electron chi connectivity index (χ1n) is 18.4. The number of thioether (sulfide) groups is 1. The highest BCUT2D eigenvalue weighted by Crippen LogP contribution is 2.28. The fourth-order valence-corrected chi connectivity index (χ4v) is 6.27. The van der Waals surface area contributed by atoms with Crippen LogP contribution in [0.4, 0.5) is 4.79 Å². The Kier molecular flexibility index (Phi) is 18.6. The predicted molar refractivity (Wildman–Crippen MR) is 214 cm³/mol. The highest BCUT2D eigenvalue weighted by atomic mass is 32.2. The van der Waals surface area contributed by atoms with Crippen LogP contribution in [0.2, 0.25) is 0 Å². The molecule has 0 bridgehead atoms. The number of hydrogen-bond acceptors (Lipinski definition) is 13. The smallest absolute Gasteiger partial charge is 0.408 e. The summed E-state index contributed by atoms with van der Waals surface area (Å²) in [5.41, 5.74) is 7.14. The van der Waals surface area contributed by atoms with Crippen molar-refractivity contribution < 1.29 is 53.9 Å². The number of amides is 3. The number of hydrogen-bond donors (Lipinski definition) is 8. The van der Waals surface area contributed by atoms with Crippen molar-refractivity contribution in [2.45, 2.75) is 94.2 Å². The summed E-state index contributed by atoms with van der Waals surface area (Å²) in [6.07, 6.45) is -7.13. The van der Waals surface area contributed by atoms with Crippen molar-refractivity contribution in [1.29, 1.82) is 0 Å². The fourth-order valence-electron chi connectivity index (χ4n) is 5.67. The molecular formula is C41H54N4O11S. The van der Waals surface area contributed by atoms with Crippen molar-refractivity contribution in [1.82, 2.24) is 16.0 Å². The molecule has 15 nitrogen and oxygen atoms in total. The molecule has 57 heavy (non-hydrogen) atoms. The second-order valence-electron chi connectivity index (χ2n) is 14.4. The van der Waals surface area contributed by atoms with Gasteiger partial charge in [0.1, 0.15) is 17.8 Å². The Labute approximate surface area is 336 Å². The first-order valence-corrected chi connectivity index (χ1v) is 19.8. The molecule has 0 radical (unpaired) electrons. The highest BCUT2D eigenvalue weighted by molar-refractivity contribution is 7.98. The van der Waals surface area contributed by atoms with Crippen LogP contribution < -0.4 is 21.7 Å². The zero-order valence-electron chi connectivity index (χ0n) is 32.4. The zero-order valence-corrected chi connectivity index (χ0v) is 33.3. The van der Waals surface area contributed by atoms with Crippen molar-refractivity contribution in [3.63, 3.8) is 0 Å². The number of alkyl carbamates (subject to hydrolysis) is 1. The van der Waals surface area contributed by atoms with Gasteiger partial charge in [0.25, 0.3) is 5.91 Å². The van der Waals surface area contributed by atoms with E-state index in [4.69, 9.17) is 15.2 Å². The lowest BCUT2D eigenvalue weighted by Crippen LogP contribution is -2.58. The first kappa shape index (κ1) is 46.5. The summed E-state index contributed by atoms with van der Waals surface area (Å²) in [5, 5.41) is 49.9. The Bertz CT molecular complexity index is 1690. The SMILES string of the molecule is CSC[C@H](NC(=O)OC(C)(C)C)C(=O)CC[C@H](N)C(=O)N[C@@H](CO)[C@@H](O)[C@@H](O)[C@H](O)C(=O)N[C@@H](CC(=O)OC(c1ccccc1)c1ccccc1)c1ccccc1. The number of aliphatic hydroxyl groups excluding tert-OH is 4. The second-order valence-corrected chi connectivity index (χ2v) is 15.3. The van der Waals surface area contributed by atoms with Gasteiger partial charge in [0.05, 0.1) is 37.2 Å². The molecule has 0 fully saturated rings. The molecule has 3 aromatic carbocycles. The van der Waals surface area contributed by atoms with Gasteiger partial charge in [-0.2, -0.15) is 11.8 Å². The van der Waals surface area contributed by atoms with E-state index in [1.54, 1.807) is 57.4 Å². The van der Waals surface area contributed by atoms with Crippen molar-refractivity contribution >= 4 is 41.4 Å². The van der Waals surface area contributed by atoms with Crippen LogP contribution in [0.25, 0.3) is 0 Å². The number of carbonyl (C=O) groups excluding carboxylic acids is 5. The van der Waals surface area contributed by atoms with E-state index in [1.165, 1.54) is 11.8 Å². The molecule has 310 valence electrons. The molecule has 3 rings (SSSR count). The van der Waals surface area contributed by atoms with E-state index in [2.05, 4.69) is 16.0 Å². The minimum absolute atomic E-state index is 0.172. The number of esters is 1. The molecule has 16 heteroatoms. The summed E-state index contributed by atoms with van der Waals surface area (Å²) < 4.78 is 11.1. The third kappa shape index (κ3) is 15.2. The molecule has 0 heterocycles. The summed E-state index contributed by atoms with van der Waals surface area (Å²) in [4.78, 5) is 64.8. The molecule has 0 aliphatic carbocycles. The standard InChI is InChI=1S/C41H54N4O11S/c1-41(2,3)56-40(54)45-31(24-57-4)32(47)21-20-28(42)38(52)44-30(23-46)34(49)35(50)36(51)39(53)43-29(25-14-8-5-9-15-25)22-33(48)55-37(26-16-10-6-11-17-26)27-18-12-7-13-19-27/h5-19,28-31,34-37,46,49-51H,20-24,42H2,1-4H3,(H,43,53)(H,44,52)(H,45,54)/t28-,29-,30-,31-,34+,35+,36-/m0/s1. The van der Waals surface area contributed by atoms with Crippen LogP contribution in [0.3, 0.4) is 0 Å². The number of ketones is 1. The summed E-state index contributed by atoms with van der Waals surface area (Å²) in [6, 6.07) is 21.7. The molecule has 0 saturated heterocycles. The Hall–Kier alpha value is -4.84. The summed E-state index contributed by atoms with van der Waals surface area (Å²) in [7, 11) is 0. The Morgan fingerprint density at radius 2 is 1.28 bits per heavy atom. The highest BCUT2D eigenvalue weighted by Gasteiger charge is 2.37. The third-order valence-corrected chi connectivity index (χ3v) is 9.34. The number of Topliss-reactive ketones (excluding diaryl/α,β-unsaturated/α-hetero) is 1. The lowest BCUT2D eigenvalue weighted by atomic mass is 9.98. The van der Waals surface area contributed by atoms with Crippen LogP contribution in [0, 0.1) is 0 Å². The summed E-state index contributed by atoms with van der Waals surface area (Å²) in [6.45, 7) is 4.11. The number of aliphatic hydroxyl groups is 4. The Morgan fingerprint density at radius 3 is 1.77 bits per heavy atom. The van der Waals surface area contributed by atoms with Gasteiger partial charge in [0.2, 0.25) is 5.91 Å². The molecule has 9 N–H and O–H groups in total. The van der Waals surface area contributed by atoms with Gasteiger partial charge in [0, 0.05) is 12.2 Å². The van der Waals surface area contributed by atoms with Crippen LogP contribution in [0.15, 0.2) is 91.0 Å².